The molecule has 184 valence electrons. The number of hydrogen-bond donors (Lipinski definition) is 1. The van der Waals surface area contributed by atoms with Gasteiger partial charge in [0.15, 0.2) is 11.5 Å². The monoisotopic (exact) mass is 475 g/mol. The summed E-state index contributed by atoms with van der Waals surface area (Å²) < 4.78 is 23.3. The Morgan fingerprint density at radius 2 is 1.63 bits per heavy atom. The summed E-state index contributed by atoms with van der Waals surface area (Å²) in [5.74, 6) is 3.26. The van der Waals surface area contributed by atoms with Crippen LogP contribution < -0.4 is 18.9 Å². The van der Waals surface area contributed by atoms with E-state index in [2.05, 4.69) is 29.2 Å². The molecule has 0 radical (unpaired) electrons. The highest BCUT2D eigenvalue weighted by Crippen LogP contribution is 2.47. The molecule has 3 aromatic rings. The quantitative estimate of drug-likeness (QED) is 0.462. The van der Waals surface area contributed by atoms with Gasteiger partial charge in [0.1, 0.15) is 30.0 Å². The molecule has 2 unspecified atom stereocenters. The minimum Gasteiger partial charge on any atom is -0.508 e. The highest BCUT2D eigenvalue weighted by molar-refractivity contribution is 5.50. The van der Waals surface area contributed by atoms with Gasteiger partial charge in [-0.2, -0.15) is 0 Å². The average molecular weight is 476 g/mol. The summed E-state index contributed by atoms with van der Waals surface area (Å²) in [7, 11) is 3.26. The third-order valence-electron chi connectivity index (χ3n) is 7.03. The summed E-state index contributed by atoms with van der Waals surface area (Å²) in [6, 6.07) is 19.7. The van der Waals surface area contributed by atoms with Crippen LogP contribution in [0.25, 0.3) is 0 Å². The van der Waals surface area contributed by atoms with Crippen molar-refractivity contribution < 1.29 is 24.1 Å². The Balaban J connectivity index is 1.36. The van der Waals surface area contributed by atoms with Crippen molar-refractivity contribution in [3.63, 3.8) is 0 Å². The van der Waals surface area contributed by atoms with Gasteiger partial charge in [0, 0.05) is 24.1 Å². The molecule has 0 amide bonds. The second kappa shape index (κ2) is 10.5. The Morgan fingerprint density at radius 1 is 0.886 bits per heavy atom. The smallest absolute Gasteiger partial charge is 0.161 e. The highest BCUT2D eigenvalue weighted by Gasteiger charge is 2.31. The standard InChI is InChI=1S/C29H33NO5/c1-32-26-12-7-21(17-29(26)33-2)27-19-25(24-11-8-22(31)18-28(24)35-27)20-5-9-23(10-6-20)34-16-15-30-13-3-4-14-30/h5-12,17-18,25,27,31H,3-4,13-16,19H2,1-2H3. The van der Waals surface area contributed by atoms with Gasteiger partial charge in [-0.05, 0) is 73.8 Å². The van der Waals surface area contributed by atoms with E-state index < -0.39 is 0 Å². The maximum Gasteiger partial charge on any atom is 0.161 e. The van der Waals surface area contributed by atoms with Gasteiger partial charge in [0.05, 0.1) is 14.2 Å². The third-order valence-corrected chi connectivity index (χ3v) is 7.03. The van der Waals surface area contributed by atoms with Gasteiger partial charge in [-0.3, -0.25) is 4.90 Å². The molecular formula is C29H33NO5. The molecule has 0 aliphatic carbocycles. The zero-order valence-corrected chi connectivity index (χ0v) is 20.4. The van der Waals surface area contributed by atoms with Gasteiger partial charge in [0.2, 0.25) is 0 Å². The zero-order valence-electron chi connectivity index (χ0n) is 20.4. The predicted molar refractivity (Wildman–Crippen MR) is 135 cm³/mol. The number of phenols is 1. The van der Waals surface area contributed by atoms with Crippen molar-refractivity contribution in [2.75, 3.05) is 40.5 Å². The molecule has 3 aromatic carbocycles. The molecule has 6 heteroatoms. The Morgan fingerprint density at radius 3 is 2.37 bits per heavy atom. The minimum absolute atomic E-state index is 0.121. The molecule has 2 aliphatic heterocycles. The van der Waals surface area contributed by atoms with Gasteiger partial charge in [-0.1, -0.05) is 24.3 Å². The van der Waals surface area contributed by atoms with Crippen LogP contribution in [0.5, 0.6) is 28.7 Å². The Kier molecular flexibility index (Phi) is 7.00. The van der Waals surface area contributed by atoms with Crippen LogP contribution in [0.1, 0.15) is 48.0 Å². The first-order chi connectivity index (χ1) is 17.1. The summed E-state index contributed by atoms with van der Waals surface area (Å²) in [6.45, 7) is 4.05. The number of ether oxygens (including phenoxy) is 4. The van der Waals surface area contributed by atoms with Crippen LogP contribution in [0.4, 0.5) is 0 Å². The number of methoxy groups -OCH3 is 2. The number of rotatable bonds is 8. The van der Waals surface area contributed by atoms with Gasteiger partial charge in [-0.15, -0.1) is 0 Å². The molecule has 2 atom stereocenters. The number of benzene rings is 3. The molecule has 1 saturated heterocycles. The van der Waals surface area contributed by atoms with Gasteiger partial charge in [-0.25, -0.2) is 0 Å². The lowest BCUT2D eigenvalue weighted by Crippen LogP contribution is -2.25. The number of hydrogen-bond acceptors (Lipinski definition) is 6. The summed E-state index contributed by atoms with van der Waals surface area (Å²) in [4.78, 5) is 2.46. The van der Waals surface area contributed by atoms with Crippen LogP contribution in [0.15, 0.2) is 60.7 Å². The summed E-state index contributed by atoms with van der Waals surface area (Å²) in [6.07, 6.45) is 3.17. The van der Waals surface area contributed by atoms with E-state index in [9.17, 15) is 5.11 Å². The Bertz CT molecular complexity index is 1140. The topological polar surface area (TPSA) is 60.4 Å². The molecule has 0 aromatic heterocycles. The van der Waals surface area contributed by atoms with Gasteiger partial charge < -0.3 is 24.1 Å². The highest BCUT2D eigenvalue weighted by atomic mass is 16.5. The van der Waals surface area contributed by atoms with Gasteiger partial charge >= 0.3 is 0 Å². The van der Waals surface area contributed by atoms with Crippen molar-refractivity contribution in [1.82, 2.24) is 4.90 Å². The number of phenolic OH excluding ortho intramolecular Hbond substituents is 1. The molecular weight excluding hydrogens is 442 g/mol. The normalized spacial score (nSPS) is 19.6. The van der Waals surface area contributed by atoms with E-state index in [4.69, 9.17) is 18.9 Å². The van der Waals surface area contributed by atoms with E-state index in [1.807, 2.05) is 24.3 Å². The van der Waals surface area contributed by atoms with E-state index in [1.54, 1.807) is 26.4 Å². The first-order valence-electron chi connectivity index (χ1n) is 12.3. The second-order valence-electron chi connectivity index (χ2n) is 9.20. The van der Waals surface area contributed by atoms with E-state index in [0.29, 0.717) is 23.9 Å². The Hall–Kier alpha value is -3.38. The third kappa shape index (κ3) is 5.17. The fourth-order valence-electron chi connectivity index (χ4n) is 5.12. The predicted octanol–water partition coefficient (Wildman–Crippen LogP) is 5.54. The molecule has 2 aliphatic rings. The van der Waals surface area contributed by atoms with Crippen molar-refractivity contribution in [2.45, 2.75) is 31.3 Å². The van der Waals surface area contributed by atoms with Crippen molar-refractivity contribution >= 4 is 0 Å². The van der Waals surface area contributed by atoms with Gasteiger partial charge in [0.25, 0.3) is 0 Å². The molecule has 0 bridgehead atoms. The van der Waals surface area contributed by atoms with E-state index in [-0.39, 0.29) is 17.8 Å². The lowest BCUT2D eigenvalue weighted by molar-refractivity contribution is 0.166. The number of aromatic hydroxyl groups is 1. The van der Waals surface area contributed by atoms with Crippen LogP contribution in [-0.4, -0.2) is 50.5 Å². The maximum atomic E-state index is 10.1. The van der Waals surface area contributed by atoms with Crippen molar-refractivity contribution in [2.24, 2.45) is 0 Å². The summed E-state index contributed by atoms with van der Waals surface area (Å²) in [5.41, 5.74) is 3.27. The lowest BCUT2D eigenvalue weighted by atomic mass is 9.82. The molecule has 2 heterocycles. The molecule has 5 rings (SSSR count). The SMILES string of the molecule is COc1ccc(C2CC(c3ccc(OCCN4CCCC4)cc3)c3ccc(O)cc3O2)cc1OC. The second-order valence-corrected chi connectivity index (χ2v) is 9.20. The maximum absolute atomic E-state index is 10.1. The first-order valence-corrected chi connectivity index (χ1v) is 12.3. The van der Waals surface area contributed by atoms with Crippen molar-refractivity contribution in [3.05, 3.63) is 77.4 Å². The Labute approximate surface area is 207 Å². The van der Waals surface area contributed by atoms with Crippen LogP contribution in [0.3, 0.4) is 0 Å². The van der Waals surface area contributed by atoms with Crippen LogP contribution >= 0.6 is 0 Å². The minimum atomic E-state index is -0.189. The molecule has 6 nitrogen and oxygen atoms in total. The molecule has 1 N–H and O–H groups in total. The number of fused-ring (bicyclic) bond motifs is 1. The van der Waals surface area contributed by atoms with Crippen LogP contribution in [0.2, 0.25) is 0 Å². The lowest BCUT2D eigenvalue weighted by Gasteiger charge is -2.33. The van der Waals surface area contributed by atoms with Crippen molar-refractivity contribution in [3.8, 4) is 28.7 Å². The van der Waals surface area contributed by atoms with E-state index >= 15 is 0 Å². The zero-order chi connectivity index (χ0) is 24.2. The molecule has 35 heavy (non-hydrogen) atoms. The van der Waals surface area contributed by atoms with Crippen molar-refractivity contribution in [1.29, 1.82) is 0 Å². The first kappa shape index (κ1) is 23.4. The van der Waals surface area contributed by atoms with Crippen LogP contribution in [0, 0.1) is 0 Å². The average Bonchev–Trinajstić information content (AvgIpc) is 3.41. The number of nitrogens with zero attached hydrogens (tertiary/aromatic N) is 1. The van der Waals surface area contributed by atoms with Crippen LogP contribution in [-0.2, 0) is 0 Å². The van der Waals surface area contributed by atoms with E-state index in [1.165, 1.54) is 31.5 Å². The molecule has 0 saturated carbocycles. The number of likely N-dealkylation sites (tertiary alicyclic amines) is 1. The fraction of sp³-hybridized carbons (Fsp3) is 0.379. The summed E-state index contributed by atoms with van der Waals surface area (Å²) >= 11 is 0. The fourth-order valence-corrected chi connectivity index (χ4v) is 5.12. The molecule has 0 spiro atoms. The van der Waals surface area contributed by atoms with E-state index in [0.717, 1.165) is 29.8 Å². The largest absolute Gasteiger partial charge is 0.508 e. The molecule has 1 fully saturated rings. The summed E-state index contributed by atoms with van der Waals surface area (Å²) in [5, 5.41) is 10.1.